The fourth-order valence-electron chi connectivity index (χ4n) is 2.01. The van der Waals surface area contributed by atoms with Crippen LogP contribution >= 0.6 is 0 Å². The largest absolute Gasteiger partial charge is 0.409 e. The van der Waals surface area contributed by atoms with Crippen LogP contribution in [0.15, 0.2) is 5.16 Å². The molecular formula is C12H27N3O. The lowest BCUT2D eigenvalue weighted by atomic mass is 9.85. The third-order valence-corrected chi connectivity index (χ3v) is 3.06. The smallest absolute Gasteiger partial charge is 0.140 e. The van der Waals surface area contributed by atoms with Gasteiger partial charge in [-0.3, -0.25) is 0 Å². The van der Waals surface area contributed by atoms with Gasteiger partial charge in [-0.25, -0.2) is 0 Å². The summed E-state index contributed by atoms with van der Waals surface area (Å²) < 4.78 is 0. The van der Waals surface area contributed by atoms with Gasteiger partial charge >= 0.3 is 0 Å². The van der Waals surface area contributed by atoms with Crippen LogP contribution < -0.4 is 11.1 Å². The Kier molecular flexibility index (Phi) is 7.13. The molecule has 4 nitrogen and oxygen atoms in total. The monoisotopic (exact) mass is 229 g/mol. The molecule has 4 N–H and O–H groups in total. The predicted molar refractivity (Wildman–Crippen MR) is 68.7 cm³/mol. The minimum atomic E-state index is 0.246. The summed E-state index contributed by atoms with van der Waals surface area (Å²) in [7, 11) is 0. The molecule has 0 aliphatic heterocycles. The minimum absolute atomic E-state index is 0.246. The van der Waals surface area contributed by atoms with Crippen molar-refractivity contribution in [2.75, 3.05) is 6.54 Å². The standard InChI is InChI=1S/C12H27N3O/c1-8(2)11(9(3)4)7-14-10(5)6-12(13)15-16/h8-11,14,16H,6-7H2,1-5H3,(H2,13,15). The fourth-order valence-corrected chi connectivity index (χ4v) is 2.01. The number of nitrogens with one attached hydrogen (secondary N) is 1. The maximum atomic E-state index is 8.47. The molecule has 0 rings (SSSR count). The van der Waals surface area contributed by atoms with Crippen LogP contribution in [0.25, 0.3) is 0 Å². The van der Waals surface area contributed by atoms with E-state index in [0.29, 0.717) is 24.2 Å². The molecule has 0 fully saturated rings. The maximum absolute atomic E-state index is 8.47. The SMILES string of the molecule is CC(CC(N)=NO)NCC(C(C)C)C(C)C. The van der Waals surface area contributed by atoms with Crippen molar-refractivity contribution < 1.29 is 5.21 Å². The second-order valence-corrected chi connectivity index (χ2v) is 5.26. The van der Waals surface area contributed by atoms with Gasteiger partial charge in [-0.15, -0.1) is 0 Å². The highest BCUT2D eigenvalue weighted by atomic mass is 16.4. The molecule has 0 aromatic carbocycles. The van der Waals surface area contributed by atoms with Crippen LogP contribution in [-0.4, -0.2) is 23.6 Å². The number of oxime groups is 1. The molecule has 0 amide bonds. The number of nitrogens with two attached hydrogens (primary N) is 1. The van der Waals surface area contributed by atoms with Crippen LogP contribution in [0.2, 0.25) is 0 Å². The Balaban J connectivity index is 4.01. The first-order chi connectivity index (χ1) is 7.38. The molecule has 0 saturated carbocycles. The summed E-state index contributed by atoms with van der Waals surface area (Å²) in [6.07, 6.45) is 0.583. The Morgan fingerprint density at radius 2 is 1.69 bits per heavy atom. The lowest BCUT2D eigenvalue weighted by molar-refractivity contribution is 0.267. The molecule has 4 heteroatoms. The third-order valence-electron chi connectivity index (χ3n) is 3.06. The maximum Gasteiger partial charge on any atom is 0.140 e. The van der Waals surface area contributed by atoms with E-state index in [1.165, 1.54) is 0 Å². The zero-order chi connectivity index (χ0) is 12.7. The highest BCUT2D eigenvalue weighted by molar-refractivity contribution is 5.80. The van der Waals surface area contributed by atoms with Gasteiger partial charge < -0.3 is 16.3 Å². The average Bonchev–Trinajstić information content (AvgIpc) is 2.16. The van der Waals surface area contributed by atoms with Crippen molar-refractivity contribution >= 4 is 5.84 Å². The van der Waals surface area contributed by atoms with E-state index in [9.17, 15) is 0 Å². The third kappa shape index (κ3) is 5.95. The van der Waals surface area contributed by atoms with E-state index < -0.39 is 0 Å². The van der Waals surface area contributed by atoms with Crippen molar-refractivity contribution in [3.05, 3.63) is 0 Å². The van der Waals surface area contributed by atoms with Crippen molar-refractivity contribution in [3.63, 3.8) is 0 Å². The minimum Gasteiger partial charge on any atom is -0.409 e. The first kappa shape index (κ1) is 15.2. The Morgan fingerprint density at radius 1 is 1.19 bits per heavy atom. The topological polar surface area (TPSA) is 70.6 Å². The van der Waals surface area contributed by atoms with E-state index in [0.717, 1.165) is 6.54 Å². The van der Waals surface area contributed by atoms with Gasteiger partial charge in [-0.05, 0) is 31.2 Å². The Hall–Kier alpha value is -0.770. The van der Waals surface area contributed by atoms with Gasteiger partial charge in [0.15, 0.2) is 0 Å². The first-order valence-electron chi connectivity index (χ1n) is 6.08. The summed E-state index contributed by atoms with van der Waals surface area (Å²) >= 11 is 0. The van der Waals surface area contributed by atoms with Crippen molar-refractivity contribution in [1.82, 2.24) is 5.32 Å². The van der Waals surface area contributed by atoms with Crippen LogP contribution in [0, 0.1) is 17.8 Å². The van der Waals surface area contributed by atoms with E-state index in [4.69, 9.17) is 10.9 Å². The molecule has 0 aliphatic rings. The Morgan fingerprint density at radius 3 is 2.06 bits per heavy atom. The molecule has 1 unspecified atom stereocenters. The van der Waals surface area contributed by atoms with E-state index in [1.807, 2.05) is 0 Å². The van der Waals surface area contributed by atoms with Gasteiger partial charge in [-0.1, -0.05) is 32.9 Å². The summed E-state index contributed by atoms with van der Waals surface area (Å²) in [6.45, 7) is 12.0. The number of hydrogen-bond donors (Lipinski definition) is 3. The van der Waals surface area contributed by atoms with Crippen LogP contribution in [0.4, 0.5) is 0 Å². The number of amidine groups is 1. The van der Waals surface area contributed by atoms with Crippen LogP contribution in [0.1, 0.15) is 41.0 Å². The zero-order valence-electron chi connectivity index (χ0n) is 11.2. The normalized spacial score (nSPS) is 15.1. The Bertz CT molecular complexity index is 206. The molecule has 0 aromatic heterocycles. The molecule has 0 aromatic rings. The molecule has 0 spiro atoms. The summed E-state index contributed by atoms with van der Waals surface area (Å²) in [5, 5.41) is 14.9. The quantitative estimate of drug-likeness (QED) is 0.271. The van der Waals surface area contributed by atoms with Crippen LogP contribution in [-0.2, 0) is 0 Å². The Labute approximate surface area is 99.3 Å². The predicted octanol–water partition coefficient (Wildman–Crippen LogP) is 2.03. The van der Waals surface area contributed by atoms with Gasteiger partial charge in [0.2, 0.25) is 0 Å². The van der Waals surface area contributed by atoms with Gasteiger partial charge in [0.25, 0.3) is 0 Å². The fraction of sp³-hybridized carbons (Fsp3) is 0.917. The van der Waals surface area contributed by atoms with Gasteiger partial charge in [0.05, 0.1) is 0 Å². The number of rotatable bonds is 7. The molecule has 0 bridgehead atoms. The molecular weight excluding hydrogens is 202 g/mol. The molecule has 16 heavy (non-hydrogen) atoms. The number of nitrogens with zero attached hydrogens (tertiary/aromatic N) is 1. The molecule has 1 atom stereocenters. The van der Waals surface area contributed by atoms with E-state index in [-0.39, 0.29) is 11.9 Å². The van der Waals surface area contributed by atoms with E-state index >= 15 is 0 Å². The molecule has 96 valence electrons. The van der Waals surface area contributed by atoms with Crippen molar-refractivity contribution in [2.45, 2.75) is 47.1 Å². The average molecular weight is 229 g/mol. The van der Waals surface area contributed by atoms with Gasteiger partial charge in [0, 0.05) is 12.5 Å². The van der Waals surface area contributed by atoms with E-state index in [2.05, 4.69) is 45.1 Å². The highest BCUT2D eigenvalue weighted by Crippen LogP contribution is 2.19. The van der Waals surface area contributed by atoms with Crippen molar-refractivity contribution in [2.24, 2.45) is 28.6 Å². The van der Waals surface area contributed by atoms with Gasteiger partial charge in [-0.2, -0.15) is 0 Å². The first-order valence-corrected chi connectivity index (χ1v) is 6.08. The molecule has 0 radical (unpaired) electrons. The lowest BCUT2D eigenvalue weighted by Crippen LogP contribution is -2.37. The zero-order valence-corrected chi connectivity index (χ0v) is 11.2. The van der Waals surface area contributed by atoms with Gasteiger partial charge in [0.1, 0.15) is 5.84 Å². The molecule has 0 heterocycles. The van der Waals surface area contributed by atoms with E-state index in [1.54, 1.807) is 0 Å². The second kappa shape index (κ2) is 7.49. The summed E-state index contributed by atoms with van der Waals surface area (Å²) in [6, 6.07) is 0.246. The lowest BCUT2D eigenvalue weighted by Gasteiger charge is -2.27. The second-order valence-electron chi connectivity index (χ2n) is 5.26. The highest BCUT2D eigenvalue weighted by Gasteiger charge is 2.18. The number of hydrogen-bond acceptors (Lipinski definition) is 3. The molecule has 0 saturated heterocycles. The summed E-state index contributed by atoms with van der Waals surface area (Å²) in [5.74, 6) is 2.28. The summed E-state index contributed by atoms with van der Waals surface area (Å²) in [4.78, 5) is 0. The van der Waals surface area contributed by atoms with Crippen LogP contribution in [0.5, 0.6) is 0 Å². The van der Waals surface area contributed by atoms with Crippen molar-refractivity contribution in [1.29, 1.82) is 0 Å². The van der Waals surface area contributed by atoms with Crippen LogP contribution in [0.3, 0.4) is 0 Å². The molecule has 0 aliphatic carbocycles. The summed E-state index contributed by atoms with van der Waals surface area (Å²) in [5.41, 5.74) is 5.46. The van der Waals surface area contributed by atoms with Crippen molar-refractivity contribution in [3.8, 4) is 0 Å².